The summed E-state index contributed by atoms with van der Waals surface area (Å²) in [6.07, 6.45) is 7.37. The lowest BCUT2D eigenvalue weighted by atomic mass is 9.81. The lowest BCUT2D eigenvalue weighted by Crippen LogP contribution is -2.35. The lowest BCUT2D eigenvalue weighted by Gasteiger charge is -2.35. The van der Waals surface area contributed by atoms with Crippen LogP contribution in [-0.2, 0) is 6.54 Å². The fraction of sp³-hybridized carbons (Fsp3) is 0.643. The van der Waals surface area contributed by atoms with Crippen LogP contribution in [0.3, 0.4) is 0 Å². The molecule has 2 fully saturated rings. The van der Waals surface area contributed by atoms with Crippen molar-refractivity contribution < 1.29 is 0 Å². The number of nitrogens with two attached hydrogens (primary N) is 1. The quantitative estimate of drug-likeness (QED) is 0.869. The largest absolute Gasteiger partial charge is 0.326 e. The summed E-state index contributed by atoms with van der Waals surface area (Å²) >= 11 is 0. The van der Waals surface area contributed by atoms with E-state index in [2.05, 4.69) is 10.6 Å². The predicted octanol–water partition coefficient (Wildman–Crippen LogP) is 2.30. The van der Waals surface area contributed by atoms with Gasteiger partial charge in [0.15, 0.2) is 0 Å². The Morgan fingerprint density at radius 2 is 1.88 bits per heavy atom. The van der Waals surface area contributed by atoms with Crippen LogP contribution in [0.4, 0.5) is 0 Å². The van der Waals surface area contributed by atoms with E-state index in [9.17, 15) is 4.79 Å². The van der Waals surface area contributed by atoms with Crippen LogP contribution in [0.5, 0.6) is 0 Å². The van der Waals surface area contributed by atoms with Crippen LogP contribution in [0.2, 0.25) is 0 Å². The van der Waals surface area contributed by atoms with Crippen molar-refractivity contribution in [1.82, 2.24) is 4.57 Å². The summed E-state index contributed by atoms with van der Waals surface area (Å²) < 4.78 is 2.06. The maximum Gasteiger partial charge on any atom is 0.255 e. The van der Waals surface area contributed by atoms with Crippen molar-refractivity contribution in [2.24, 2.45) is 5.73 Å². The van der Waals surface area contributed by atoms with Crippen LogP contribution in [-0.4, -0.2) is 4.57 Å². The number of nitrogens with zero attached hydrogens (tertiary/aromatic N) is 1. The molecule has 2 N–H and O–H groups in total. The minimum absolute atomic E-state index is 0.168. The second-order valence-corrected chi connectivity index (χ2v) is 5.38. The first kappa shape index (κ1) is 11.0. The summed E-state index contributed by atoms with van der Waals surface area (Å²) in [5.41, 5.74) is 7.84. The predicted molar refractivity (Wildman–Crippen MR) is 68.1 cm³/mol. The van der Waals surface area contributed by atoms with Gasteiger partial charge in [-0.05, 0) is 44.1 Å². The average molecular weight is 232 g/mol. The van der Waals surface area contributed by atoms with Gasteiger partial charge in [0.1, 0.15) is 0 Å². The molecule has 1 aromatic heterocycles. The molecule has 0 aromatic carbocycles. The molecule has 0 radical (unpaired) electrons. The van der Waals surface area contributed by atoms with Gasteiger partial charge in [-0.2, -0.15) is 0 Å². The molecule has 1 aromatic rings. The Bertz CT molecular complexity index is 470. The number of hydrogen-bond donors (Lipinski definition) is 1. The Morgan fingerprint density at radius 3 is 2.35 bits per heavy atom. The Kier molecular flexibility index (Phi) is 2.79. The first-order valence-electron chi connectivity index (χ1n) is 6.75. The number of aromatic nitrogens is 1. The molecule has 2 saturated carbocycles. The maximum atomic E-state index is 12.4. The molecule has 0 bridgehead atoms. The molecule has 0 aliphatic heterocycles. The molecule has 0 amide bonds. The van der Waals surface area contributed by atoms with Crippen molar-refractivity contribution in [3.8, 4) is 0 Å². The summed E-state index contributed by atoms with van der Waals surface area (Å²) in [6.45, 7) is 0.358. The van der Waals surface area contributed by atoms with Gasteiger partial charge < -0.3 is 10.3 Å². The van der Waals surface area contributed by atoms with Crippen molar-refractivity contribution in [2.45, 2.75) is 57.0 Å². The Labute approximate surface area is 102 Å². The zero-order valence-electron chi connectivity index (χ0n) is 10.2. The van der Waals surface area contributed by atoms with Gasteiger partial charge in [0.05, 0.1) is 0 Å². The highest BCUT2D eigenvalue weighted by molar-refractivity contribution is 5.21. The maximum absolute atomic E-state index is 12.4. The highest BCUT2D eigenvalue weighted by Gasteiger charge is 2.29. The molecule has 0 unspecified atom stereocenters. The fourth-order valence-electron chi connectivity index (χ4n) is 2.82. The monoisotopic (exact) mass is 232 g/mol. The molecule has 0 atom stereocenters. The Morgan fingerprint density at radius 1 is 1.18 bits per heavy atom. The second-order valence-electron chi connectivity index (χ2n) is 5.38. The van der Waals surface area contributed by atoms with Crippen molar-refractivity contribution in [3.63, 3.8) is 0 Å². The highest BCUT2D eigenvalue weighted by Crippen LogP contribution is 2.39. The average Bonchev–Trinajstić information content (AvgIpc) is 2.18. The van der Waals surface area contributed by atoms with E-state index >= 15 is 0 Å². The molecule has 0 saturated heterocycles. The van der Waals surface area contributed by atoms with Crippen molar-refractivity contribution in [1.29, 1.82) is 0 Å². The lowest BCUT2D eigenvalue weighted by molar-refractivity contribution is 0.279. The minimum atomic E-state index is 0.168. The van der Waals surface area contributed by atoms with E-state index in [1.54, 1.807) is 0 Å². The molecule has 3 nitrogen and oxygen atoms in total. The van der Waals surface area contributed by atoms with Crippen LogP contribution in [0.15, 0.2) is 16.9 Å². The summed E-state index contributed by atoms with van der Waals surface area (Å²) in [6, 6.07) is 4.53. The molecular formula is C14H20N2O. The van der Waals surface area contributed by atoms with E-state index in [1.165, 1.54) is 31.4 Å². The Balaban J connectivity index is 2.07. The van der Waals surface area contributed by atoms with Gasteiger partial charge in [-0.15, -0.1) is 0 Å². The van der Waals surface area contributed by atoms with Crippen LogP contribution in [0.25, 0.3) is 0 Å². The topological polar surface area (TPSA) is 48.0 Å². The SMILES string of the molecule is NCc1ccc(C2CCC2)n(C2CCC2)c1=O. The van der Waals surface area contributed by atoms with E-state index in [0.717, 1.165) is 18.4 Å². The van der Waals surface area contributed by atoms with Crippen LogP contribution < -0.4 is 11.3 Å². The molecule has 92 valence electrons. The molecule has 17 heavy (non-hydrogen) atoms. The number of rotatable bonds is 3. The van der Waals surface area contributed by atoms with E-state index in [0.29, 0.717) is 18.5 Å². The molecular weight excluding hydrogens is 212 g/mol. The van der Waals surface area contributed by atoms with E-state index in [4.69, 9.17) is 5.73 Å². The Hall–Kier alpha value is -1.09. The molecule has 3 heteroatoms. The second kappa shape index (κ2) is 4.30. The zero-order chi connectivity index (χ0) is 11.8. The normalized spacial score (nSPS) is 21.0. The van der Waals surface area contributed by atoms with E-state index < -0.39 is 0 Å². The number of hydrogen-bond acceptors (Lipinski definition) is 2. The first-order valence-corrected chi connectivity index (χ1v) is 6.75. The molecule has 2 aliphatic carbocycles. The first-order chi connectivity index (χ1) is 8.31. The zero-order valence-corrected chi connectivity index (χ0v) is 10.2. The summed E-state index contributed by atoms with van der Waals surface area (Å²) in [7, 11) is 0. The molecule has 0 spiro atoms. The van der Waals surface area contributed by atoms with Gasteiger partial charge in [0.2, 0.25) is 0 Å². The standard InChI is InChI=1S/C14H20N2O/c15-9-11-7-8-13(10-3-1-4-10)16(14(11)17)12-5-2-6-12/h7-8,10,12H,1-6,9,15H2. The van der Waals surface area contributed by atoms with Gasteiger partial charge in [-0.1, -0.05) is 12.5 Å². The molecule has 3 rings (SSSR count). The smallest absolute Gasteiger partial charge is 0.255 e. The minimum Gasteiger partial charge on any atom is -0.326 e. The third-order valence-corrected chi connectivity index (χ3v) is 4.41. The summed E-state index contributed by atoms with van der Waals surface area (Å²) in [4.78, 5) is 12.4. The van der Waals surface area contributed by atoms with Gasteiger partial charge in [-0.3, -0.25) is 4.79 Å². The van der Waals surface area contributed by atoms with Gasteiger partial charge in [0, 0.05) is 23.8 Å². The van der Waals surface area contributed by atoms with Crippen molar-refractivity contribution in [2.75, 3.05) is 0 Å². The van der Waals surface area contributed by atoms with Crippen molar-refractivity contribution >= 4 is 0 Å². The highest BCUT2D eigenvalue weighted by atomic mass is 16.1. The van der Waals surface area contributed by atoms with Gasteiger partial charge in [-0.25, -0.2) is 0 Å². The number of pyridine rings is 1. The molecule has 1 heterocycles. The van der Waals surface area contributed by atoms with Gasteiger partial charge in [0.25, 0.3) is 5.56 Å². The third kappa shape index (κ3) is 1.73. The van der Waals surface area contributed by atoms with Gasteiger partial charge >= 0.3 is 0 Å². The fourth-order valence-corrected chi connectivity index (χ4v) is 2.82. The molecule has 2 aliphatic rings. The van der Waals surface area contributed by atoms with Crippen LogP contribution >= 0.6 is 0 Å². The van der Waals surface area contributed by atoms with E-state index in [1.807, 2.05) is 6.07 Å². The summed E-state index contributed by atoms with van der Waals surface area (Å²) in [5, 5.41) is 0. The van der Waals surface area contributed by atoms with Crippen molar-refractivity contribution in [3.05, 3.63) is 33.7 Å². The summed E-state index contributed by atoms with van der Waals surface area (Å²) in [5.74, 6) is 0.620. The van der Waals surface area contributed by atoms with Crippen LogP contribution in [0.1, 0.15) is 61.7 Å². The van der Waals surface area contributed by atoms with E-state index in [-0.39, 0.29) is 5.56 Å². The van der Waals surface area contributed by atoms with Crippen LogP contribution in [0, 0.1) is 0 Å². The third-order valence-electron chi connectivity index (χ3n) is 4.41.